The van der Waals surface area contributed by atoms with Gasteiger partial charge in [0, 0.05) is 44.1 Å². The number of benzene rings is 1. The monoisotopic (exact) mass is 366 g/mol. The van der Waals surface area contributed by atoms with Gasteiger partial charge in [-0.25, -0.2) is 4.98 Å². The molecular weight excluding hydrogens is 344 g/mol. The van der Waals surface area contributed by atoms with Crippen LogP contribution in [0, 0.1) is 13.8 Å². The molecule has 0 aliphatic heterocycles. The highest BCUT2D eigenvalue weighted by molar-refractivity contribution is 7.99. The Bertz CT molecular complexity index is 872. The fourth-order valence-electron chi connectivity index (χ4n) is 2.77. The summed E-state index contributed by atoms with van der Waals surface area (Å²) >= 11 is 1.45. The van der Waals surface area contributed by atoms with Crippen LogP contribution in [-0.2, 0) is 11.3 Å². The molecule has 0 saturated carbocycles. The second kappa shape index (κ2) is 8.19. The molecule has 0 aliphatic rings. The van der Waals surface area contributed by atoms with Gasteiger partial charge < -0.3 is 4.90 Å². The van der Waals surface area contributed by atoms with Crippen molar-refractivity contribution in [2.75, 3.05) is 12.8 Å². The van der Waals surface area contributed by atoms with Crippen molar-refractivity contribution in [1.29, 1.82) is 0 Å². The van der Waals surface area contributed by atoms with Crippen molar-refractivity contribution in [1.82, 2.24) is 19.4 Å². The van der Waals surface area contributed by atoms with Gasteiger partial charge in [0.15, 0.2) is 5.16 Å². The number of pyridine rings is 1. The highest BCUT2D eigenvalue weighted by Crippen LogP contribution is 2.22. The quantitative estimate of drug-likeness (QED) is 0.625. The molecule has 0 aliphatic carbocycles. The Morgan fingerprint density at radius 3 is 2.65 bits per heavy atom. The summed E-state index contributed by atoms with van der Waals surface area (Å²) in [5.41, 5.74) is 4.50. The Hall–Kier alpha value is -2.60. The van der Waals surface area contributed by atoms with Gasteiger partial charge in [-0.2, -0.15) is 0 Å². The Labute approximate surface area is 158 Å². The molecule has 0 atom stereocenters. The summed E-state index contributed by atoms with van der Waals surface area (Å²) in [5, 5.41) is 0.818. The van der Waals surface area contributed by atoms with Gasteiger partial charge in [0.25, 0.3) is 0 Å². The van der Waals surface area contributed by atoms with Gasteiger partial charge in [0.05, 0.1) is 5.75 Å². The molecule has 3 rings (SSSR count). The maximum atomic E-state index is 12.4. The van der Waals surface area contributed by atoms with E-state index in [1.165, 1.54) is 22.9 Å². The van der Waals surface area contributed by atoms with Crippen molar-refractivity contribution in [3.63, 3.8) is 0 Å². The van der Waals surface area contributed by atoms with Gasteiger partial charge in [-0.1, -0.05) is 23.9 Å². The summed E-state index contributed by atoms with van der Waals surface area (Å²) in [6.45, 7) is 4.72. The predicted octanol–water partition coefficient (Wildman–Crippen LogP) is 3.63. The average Bonchev–Trinajstić information content (AvgIpc) is 3.08. The minimum Gasteiger partial charge on any atom is -0.341 e. The summed E-state index contributed by atoms with van der Waals surface area (Å²) in [5.74, 6) is 0.410. The van der Waals surface area contributed by atoms with Crippen LogP contribution < -0.4 is 0 Å². The van der Waals surface area contributed by atoms with E-state index >= 15 is 0 Å². The van der Waals surface area contributed by atoms with E-state index in [9.17, 15) is 4.79 Å². The first kappa shape index (κ1) is 18.2. The molecule has 0 fully saturated rings. The maximum Gasteiger partial charge on any atom is 0.233 e. The Kier molecular flexibility index (Phi) is 5.73. The average molecular weight is 366 g/mol. The van der Waals surface area contributed by atoms with E-state index in [-0.39, 0.29) is 5.91 Å². The predicted molar refractivity (Wildman–Crippen MR) is 104 cm³/mol. The molecular formula is C20H22N4OS. The van der Waals surface area contributed by atoms with Gasteiger partial charge in [-0.05, 0) is 48.7 Å². The van der Waals surface area contributed by atoms with E-state index in [2.05, 4.69) is 42.0 Å². The van der Waals surface area contributed by atoms with E-state index in [0.29, 0.717) is 12.3 Å². The molecule has 26 heavy (non-hydrogen) atoms. The Morgan fingerprint density at radius 1 is 1.19 bits per heavy atom. The minimum atomic E-state index is 0.0637. The van der Waals surface area contributed by atoms with E-state index < -0.39 is 0 Å². The Morgan fingerprint density at radius 2 is 1.96 bits per heavy atom. The van der Waals surface area contributed by atoms with Crippen molar-refractivity contribution in [2.24, 2.45) is 0 Å². The van der Waals surface area contributed by atoms with Crippen LogP contribution in [-0.4, -0.2) is 38.1 Å². The van der Waals surface area contributed by atoms with E-state index in [1.807, 2.05) is 29.9 Å². The first-order valence-electron chi connectivity index (χ1n) is 8.40. The zero-order valence-corrected chi connectivity index (χ0v) is 16.0. The second-order valence-corrected chi connectivity index (χ2v) is 7.27. The van der Waals surface area contributed by atoms with Crippen LogP contribution in [0.1, 0.15) is 16.7 Å². The molecule has 0 bridgehead atoms. The third-order valence-electron chi connectivity index (χ3n) is 3.98. The SMILES string of the molecule is Cc1cc(C)cc(-n2ccnc2SCC(=O)N(C)Cc2cccnc2)c1. The normalized spacial score (nSPS) is 10.7. The number of imidazole rings is 1. The zero-order valence-electron chi connectivity index (χ0n) is 15.2. The van der Waals surface area contributed by atoms with Crippen LogP contribution in [0.2, 0.25) is 0 Å². The number of rotatable bonds is 6. The number of hydrogen-bond donors (Lipinski definition) is 0. The molecule has 1 amide bonds. The van der Waals surface area contributed by atoms with Crippen LogP contribution >= 0.6 is 11.8 Å². The third kappa shape index (κ3) is 4.52. The van der Waals surface area contributed by atoms with Crippen molar-refractivity contribution in [3.05, 3.63) is 71.8 Å². The van der Waals surface area contributed by atoms with Crippen molar-refractivity contribution in [3.8, 4) is 5.69 Å². The molecule has 1 aromatic carbocycles. The molecule has 0 spiro atoms. The van der Waals surface area contributed by atoms with Crippen molar-refractivity contribution >= 4 is 17.7 Å². The smallest absolute Gasteiger partial charge is 0.233 e. The summed E-state index contributed by atoms with van der Waals surface area (Å²) < 4.78 is 2.03. The van der Waals surface area contributed by atoms with Crippen LogP contribution in [0.4, 0.5) is 0 Å². The number of thioether (sulfide) groups is 1. The van der Waals surface area contributed by atoms with Gasteiger partial charge in [0.1, 0.15) is 0 Å². The standard InChI is InChI=1S/C20H22N4OS/c1-15-9-16(2)11-18(10-15)24-8-7-22-20(24)26-14-19(25)23(3)13-17-5-4-6-21-12-17/h4-12H,13-14H2,1-3H3. The molecule has 2 heterocycles. The fraction of sp³-hybridized carbons (Fsp3) is 0.250. The molecule has 0 saturated heterocycles. The van der Waals surface area contributed by atoms with E-state index in [1.54, 1.807) is 23.5 Å². The second-order valence-electron chi connectivity index (χ2n) is 6.33. The number of aryl methyl sites for hydroxylation is 2. The van der Waals surface area contributed by atoms with Crippen LogP contribution in [0.3, 0.4) is 0 Å². The third-order valence-corrected chi connectivity index (χ3v) is 4.94. The highest BCUT2D eigenvalue weighted by atomic mass is 32.2. The molecule has 6 heteroatoms. The molecule has 5 nitrogen and oxygen atoms in total. The first-order chi connectivity index (χ1) is 12.5. The van der Waals surface area contributed by atoms with Crippen LogP contribution in [0.5, 0.6) is 0 Å². The summed E-state index contributed by atoms with van der Waals surface area (Å²) in [6, 6.07) is 10.2. The fourth-order valence-corrected chi connectivity index (χ4v) is 3.69. The molecule has 0 unspecified atom stereocenters. The first-order valence-corrected chi connectivity index (χ1v) is 9.39. The lowest BCUT2D eigenvalue weighted by Crippen LogP contribution is -2.27. The number of hydrogen-bond acceptors (Lipinski definition) is 4. The lowest BCUT2D eigenvalue weighted by atomic mass is 10.1. The van der Waals surface area contributed by atoms with Gasteiger partial charge >= 0.3 is 0 Å². The summed E-state index contributed by atoms with van der Waals surface area (Å²) in [4.78, 5) is 22.7. The number of nitrogens with zero attached hydrogens (tertiary/aromatic N) is 4. The molecule has 3 aromatic rings. The topological polar surface area (TPSA) is 51.0 Å². The van der Waals surface area contributed by atoms with Crippen LogP contribution in [0.25, 0.3) is 5.69 Å². The number of aromatic nitrogens is 3. The van der Waals surface area contributed by atoms with E-state index in [0.717, 1.165) is 16.4 Å². The van der Waals surface area contributed by atoms with E-state index in [4.69, 9.17) is 0 Å². The lowest BCUT2D eigenvalue weighted by Gasteiger charge is -2.17. The van der Waals surface area contributed by atoms with Gasteiger partial charge in [-0.15, -0.1) is 0 Å². The molecule has 2 aromatic heterocycles. The molecule has 0 radical (unpaired) electrons. The highest BCUT2D eigenvalue weighted by Gasteiger charge is 2.13. The van der Waals surface area contributed by atoms with Crippen molar-refractivity contribution < 1.29 is 4.79 Å². The Balaban J connectivity index is 1.65. The largest absolute Gasteiger partial charge is 0.341 e. The van der Waals surface area contributed by atoms with Crippen molar-refractivity contribution in [2.45, 2.75) is 25.5 Å². The number of amides is 1. The summed E-state index contributed by atoms with van der Waals surface area (Å²) in [6.07, 6.45) is 7.21. The lowest BCUT2D eigenvalue weighted by molar-refractivity contribution is -0.127. The maximum absolute atomic E-state index is 12.4. The summed E-state index contributed by atoms with van der Waals surface area (Å²) in [7, 11) is 1.81. The van der Waals surface area contributed by atoms with Crippen LogP contribution in [0.15, 0.2) is 60.3 Å². The molecule has 0 N–H and O–H groups in total. The van der Waals surface area contributed by atoms with Gasteiger partial charge in [0.2, 0.25) is 5.91 Å². The zero-order chi connectivity index (χ0) is 18.5. The number of carbonyl (C=O) groups excluding carboxylic acids is 1. The number of carbonyl (C=O) groups is 1. The molecule has 134 valence electrons. The van der Waals surface area contributed by atoms with Gasteiger partial charge in [-0.3, -0.25) is 14.3 Å². The minimum absolute atomic E-state index is 0.0637.